The summed E-state index contributed by atoms with van der Waals surface area (Å²) in [5.41, 5.74) is -0.226. The molecule has 1 N–H and O–H groups in total. The molecule has 2 saturated heterocycles. The Morgan fingerprint density at radius 1 is 1.30 bits per heavy atom. The maximum atomic E-state index is 12.6. The van der Waals surface area contributed by atoms with Crippen LogP contribution >= 0.6 is 0 Å². The molecule has 2 fully saturated rings. The molecule has 2 unspecified atom stereocenters. The van der Waals surface area contributed by atoms with Crippen molar-refractivity contribution in [2.45, 2.75) is 65.5 Å². The van der Waals surface area contributed by atoms with Crippen molar-refractivity contribution in [2.75, 3.05) is 19.6 Å². The lowest BCUT2D eigenvalue weighted by Crippen LogP contribution is -2.54. The highest BCUT2D eigenvalue weighted by Crippen LogP contribution is 2.36. The van der Waals surface area contributed by atoms with E-state index in [0.29, 0.717) is 12.0 Å². The van der Waals surface area contributed by atoms with Gasteiger partial charge < -0.3 is 15.0 Å². The van der Waals surface area contributed by atoms with Gasteiger partial charge in [-0.1, -0.05) is 13.8 Å². The second-order valence-electron chi connectivity index (χ2n) is 8.13. The van der Waals surface area contributed by atoms with Crippen LogP contribution in [-0.2, 0) is 4.74 Å². The number of ether oxygens (including phenoxy) is 1. The Labute approximate surface area is 123 Å². The number of amides is 1. The normalized spacial score (nSPS) is 30.4. The SMILES string of the molecule is CC1(C)CCC(C2CCNC2)N(C(=O)OC(C)(C)C)C1. The molecule has 2 rings (SSSR count). The molecule has 0 aromatic rings. The second kappa shape index (κ2) is 5.55. The third-order valence-electron chi connectivity index (χ3n) is 4.39. The molecule has 0 aromatic carbocycles. The van der Waals surface area contributed by atoms with E-state index in [-0.39, 0.29) is 11.5 Å². The Kier molecular flexibility index (Phi) is 4.33. The summed E-state index contributed by atoms with van der Waals surface area (Å²) >= 11 is 0. The van der Waals surface area contributed by atoms with E-state index in [1.165, 1.54) is 12.8 Å². The van der Waals surface area contributed by atoms with Gasteiger partial charge in [-0.25, -0.2) is 4.79 Å². The zero-order chi connectivity index (χ0) is 15.0. The fourth-order valence-corrected chi connectivity index (χ4v) is 3.37. The number of nitrogens with one attached hydrogen (secondary N) is 1. The number of carbonyl (C=O) groups excluding carboxylic acids is 1. The van der Waals surface area contributed by atoms with Gasteiger partial charge in [0.1, 0.15) is 5.60 Å². The average molecular weight is 282 g/mol. The van der Waals surface area contributed by atoms with Gasteiger partial charge in [-0.3, -0.25) is 0 Å². The molecule has 116 valence electrons. The van der Waals surface area contributed by atoms with Crippen LogP contribution < -0.4 is 5.32 Å². The molecule has 2 heterocycles. The summed E-state index contributed by atoms with van der Waals surface area (Å²) in [7, 11) is 0. The summed E-state index contributed by atoms with van der Waals surface area (Å²) in [5.74, 6) is 0.582. The van der Waals surface area contributed by atoms with Crippen LogP contribution in [0.3, 0.4) is 0 Å². The third kappa shape index (κ3) is 3.87. The summed E-state index contributed by atoms with van der Waals surface area (Å²) < 4.78 is 5.63. The van der Waals surface area contributed by atoms with Crippen molar-refractivity contribution in [1.29, 1.82) is 0 Å². The Balaban J connectivity index is 2.11. The highest BCUT2D eigenvalue weighted by atomic mass is 16.6. The van der Waals surface area contributed by atoms with E-state index in [1.54, 1.807) is 0 Å². The molecular formula is C16H30N2O2. The van der Waals surface area contributed by atoms with Crippen LogP contribution in [-0.4, -0.2) is 42.3 Å². The summed E-state index contributed by atoms with van der Waals surface area (Å²) in [6.45, 7) is 13.2. The second-order valence-corrected chi connectivity index (χ2v) is 8.13. The molecular weight excluding hydrogens is 252 g/mol. The summed E-state index contributed by atoms with van der Waals surface area (Å²) in [6.07, 6.45) is 3.32. The van der Waals surface area contributed by atoms with Crippen molar-refractivity contribution >= 4 is 6.09 Å². The molecule has 4 nitrogen and oxygen atoms in total. The molecule has 0 radical (unpaired) electrons. The van der Waals surface area contributed by atoms with Crippen LogP contribution in [0.1, 0.15) is 53.9 Å². The van der Waals surface area contributed by atoms with E-state index in [1.807, 2.05) is 25.7 Å². The van der Waals surface area contributed by atoms with Crippen LogP contribution in [0.25, 0.3) is 0 Å². The zero-order valence-electron chi connectivity index (χ0n) is 13.7. The minimum Gasteiger partial charge on any atom is -0.444 e. The standard InChI is InChI=1S/C16H30N2O2/c1-15(2,3)20-14(19)18-11-16(4,5)8-6-13(18)12-7-9-17-10-12/h12-13,17H,6-11H2,1-5H3. The lowest BCUT2D eigenvalue weighted by Gasteiger charge is -2.46. The lowest BCUT2D eigenvalue weighted by molar-refractivity contribution is -0.0166. The predicted octanol–water partition coefficient (Wildman–Crippen LogP) is 3.02. The smallest absolute Gasteiger partial charge is 0.410 e. The van der Waals surface area contributed by atoms with Crippen LogP contribution in [0, 0.1) is 11.3 Å². The molecule has 0 saturated carbocycles. The van der Waals surface area contributed by atoms with Crippen molar-refractivity contribution in [3.8, 4) is 0 Å². The van der Waals surface area contributed by atoms with Crippen molar-refractivity contribution < 1.29 is 9.53 Å². The first kappa shape index (κ1) is 15.6. The highest BCUT2D eigenvalue weighted by molar-refractivity contribution is 5.69. The van der Waals surface area contributed by atoms with Gasteiger partial charge in [0, 0.05) is 12.6 Å². The number of piperidine rings is 1. The Bertz CT molecular complexity index is 354. The van der Waals surface area contributed by atoms with Gasteiger partial charge in [-0.05, 0) is 64.5 Å². The largest absolute Gasteiger partial charge is 0.444 e. The third-order valence-corrected chi connectivity index (χ3v) is 4.39. The predicted molar refractivity (Wildman–Crippen MR) is 80.7 cm³/mol. The first-order chi connectivity index (χ1) is 9.18. The van der Waals surface area contributed by atoms with Crippen molar-refractivity contribution in [1.82, 2.24) is 10.2 Å². The number of nitrogens with zero attached hydrogens (tertiary/aromatic N) is 1. The van der Waals surface area contributed by atoms with Gasteiger partial charge in [0.15, 0.2) is 0 Å². The van der Waals surface area contributed by atoms with Gasteiger partial charge in [0.05, 0.1) is 0 Å². The van der Waals surface area contributed by atoms with E-state index in [9.17, 15) is 4.79 Å². The molecule has 20 heavy (non-hydrogen) atoms. The summed E-state index contributed by atoms with van der Waals surface area (Å²) in [6, 6.07) is 0.341. The fourth-order valence-electron chi connectivity index (χ4n) is 3.37. The molecule has 0 aliphatic carbocycles. The maximum absolute atomic E-state index is 12.6. The molecule has 0 spiro atoms. The van der Waals surface area contributed by atoms with Crippen molar-refractivity contribution in [3.05, 3.63) is 0 Å². The number of likely N-dealkylation sites (tertiary alicyclic amines) is 1. The molecule has 2 atom stereocenters. The maximum Gasteiger partial charge on any atom is 0.410 e. The minimum atomic E-state index is -0.419. The zero-order valence-corrected chi connectivity index (χ0v) is 13.7. The highest BCUT2D eigenvalue weighted by Gasteiger charge is 2.41. The Morgan fingerprint density at radius 2 is 2.00 bits per heavy atom. The molecule has 4 heteroatoms. The minimum absolute atomic E-state index is 0.137. The van der Waals surface area contributed by atoms with Crippen LogP contribution in [0.4, 0.5) is 4.79 Å². The van der Waals surface area contributed by atoms with E-state index >= 15 is 0 Å². The molecule has 1 amide bonds. The number of hydrogen-bond donors (Lipinski definition) is 1. The summed E-state index contributed by atoms with van der Waals surface area (Å²) in [5, 5.41) is 3.42. The number of rotatable bonds is 1. The van der Waals surface area contributed by atoms with Crippen molar-refractivity contribution in [3.63, 3.8) is 0 Å². The Hall–Kier alpha value is -0.770. The van der Waals surface area contributed by atoms with E-state index < -0.39 is 5.60 Å². The molecule has 0 aromatic heterocycles. The molecule has 0 bridgehead atoms. The number of hydrogen-bond acceptors (Lipinski definition) is 3. The molecule has 2 aliphatic heterocycles. The first-order valence-electron chi connectivity index (χ1n) is 7.88. The van der Waals surface area contributed by atoms with Gasteiger partial charge in [-0.2, -0.15) is 0 Å². The van der Waals surface area contributed by atoms with Crippen molar-refractivity contribution in [2.24, 2.45) is 11.3 Å². The molecule has 2 aliphatic rings. The van der Waals surface area contributed by atoms with Crippen LogP contribution in [0.15, 0.2) is 0 Å². The monoisotopic (exact) mass is 282 g/mol. The van der Waals surface area contributed by atoms with E-state index in [0.717, 1.165) is 26.1 Å². The van der Waals surface area contributed by atoms with Gasteiger partial charge in [-0.15, -0.1) is 0 Å². The lowest BCUT2D eigenvalue weighted by atomic mass is 9.78. The van der Waals surface area contributed by atoms with Gasteiger partial charge >= 0.3 is 6.09 Å². The van der Waals surface area contributed by atoms with Gasteiger partial charge in [0.2, 0.25) is 0 Å². The fraction of sp³-hybridized carbons (Fsp3) is 0.938. The average Bonchev–Trinajstić information content (AvgIpc) is 2.78. The van der Waals surface area contributed by atoms with Gasteiger partial charge in [0.25, 0.3) is 0 Å². The first-order valence-corrected chi connectivity index (χ1v) is 7.88. The quantitative estimate of drug-likeness (QED) is 0.804. The van der Waals surface area contributed by atoms with E-state index in [4.69, 9.17) is 4.74 Å². The summed E-state index contributed by atoms with van der Waals surface area (Å²) in [4.78, 5) is 14.6. The van der Waals surface area contributed by atoms with E-state index in [2.05, 4.69) is 19.2 Å². The number of carbonyl (C=O) groups is 1. The Morgan fingerprint density at radius 3 is 2.55 bits per heavy atom. The topological polar surface area (TPSA) is 41.6 Å². The van der Waals surface area contributed by atoms with Crippen LogP contribution in [0.2, 0.25) is 0 Å². The van der Waals surface area contributed by atoms with Crippen LogP contribution in [0.5, 0.6) is 0 Å².